The summed E-state index contributed by atoms with van der Waals surface area (Å²) in [5.74, 6) is 1.65. The number of aromatic nitrogens is 4. The van der Waals surface area contributed by atoms with Crippen LogP contribution >= 0.6 is 11.8 Å². The molecule has 4 rings (SSSR count). The van der Waals surface area contributed by atoms with E-state index >= 15 is 0 Å². The van der Waals surface area contributed by atoms with Crippen LogP contribution in [0.5, 0.6) is 0 Å². The second-order valence-electron chi connectivity index (χ2n) is 8.77. The van der Waals surface area contributed by atoms with Gasteiger partial charge in [0, 0.05) is 12.0 Å². The molecule has 0 unspecified atom stereocenters. The Bertz CT molecular complexity index is 1120. The zero-order chi connectivity index (χ0) is 21.1. The molecule has 0 saturated carbocycles. The highest BCUT2D eigenvalue weighted by Gasteiger charge is 2.22. The lowest BCUT2D eigenvalue weighted by molar-refractivity contribution is 0.378. The van der Waals surface area contributed by atoms with E-state index in [0.29, 0.717) is 34.6 Å². The van der Waals surface area contributed by atoms with Crippen molar-refractivity contribution in [1.82, 2.24) is 19.7 Å². The van der Waals surface area contributed by atoms with Crippen LogP contribution in [-0.4, -0.2) is 19.7 Å². The minimum absolute atomic E-state index is 0.0143. The van der Waals surface area contributed by atoms with Gasteiger partial charge in [0.1, 0.15) is 0 Å². The predicted molar refractivity (Wildman–Crippen MR) is 120 cm³/mol. The molecule has 0 radical (unpaired) electrons. The largest absolute Gasteiger partial charge is 0.424 e. The second kappa shape index (κ2) is 8.76. The van der Waals surface area contributed by atoms with Gasteiger partial charge in [0.15, 0.2) is 5.16 Å². The van der Waals surface area contributed by atoms with Crippen LogP contribution in [0.15, 0.2) is 50.3 Å². The van der Waals surface area contributed by atoms with E-state index in [-0.39, 0.29) is 11.0 Å². The van der Waals surface area contributed by atoms with Gasteiger partial charge in [-0.1, -0.05) is 56.3 Å². The lowest BCUT2D eigenvalue weighted by Crippen LogP contribution is -2.24. The number of hydrogen-bond donors (Lipinski definition) is 0. The summed E-state index contributed by atoms with van der Waals surface area (Å²) in [6.45, 7) is 6.77. The monoisotopic (exact) mass is 424 g/mol. The topological polar surface area (TPSA) is 73.8 Å². The molecule has 0 aliphatic heterocycles. The van der Waals surface area contributed by atoms with E-state index in [9.17, 15) is 4.79 Å². The normalized spacial score (nSPS) is 14.8. The lowest BCUT2D eigenvalue weighted by Gasteiger charge is -2.16. The third kappa shape index (κ3) is 4.67. The Morgan fingerprint density at radius 1 is 1.17 bits per heavy atom. The first-order chi connectivity index (χ1) is 14.4. The van der Waals surface area contributed by atoms with Crippen LogP contribution in [0.3, 0.4) is 0 Å². The fourth-order valence-electron chi connectivity index (χ4n) is 3.58. The quantitative estimate of drug-likeness (QED) is 0.305. The summed E-state index contributed by atoms with van der Waals surface area (Å²) in [4.78, 5) is 18.0. The van der Waals surface area contributed by atoms with Crippen LogP contribution in [0.2, 0.25) is 0 Å². The second-order valence-corrected chi connectivity index (χ2v) is 9.71. The van der Waals surface area contributed by atoms with E-state index in [1.54, 1.807) is 0 Å². The molecule has 158 valence electrons. The Morgan fingerprint density at radius 3 is 2.73 bits per heavy atom. The molecule has 1 aliphatic rings. The third-order valence-corrected chi connectivity index (χ3v) is 6.26. The number of thioether (sulfide) groups is 1. The maximum atomic E-state index is 13.2. The molecule has 1 aliphatic carbocycles. The molecule has 7 heteroatoms. The van der Waals surface area contributed by atoms with Gasteiger partial charge in [0.05, 0.1) is 16.7 Å². The van der Waals surface area contributed by atoms with Gasteiger partial charge in [-0.2, -0.15) is 0 Å². The first kappa shape index (κ1) is 20.8. The van der Waals surface area contributed by atoms with Gasteiger partial charge in [-0.25, -0.2) is 4.98 Å². The average molecular weight is 425 g/mol. The Hall–Kier alpha value is -2.41. The van der Waals surface area contributed by atoms with E-state index in [4.69, 9.17) is 9.40 Å². The number of para-hydroxylation sites is 1. The zero-order valence-electron chi connectivity index (χ0n) is 17.9. The maximum absolute atomic E-state index is 13.2. The highest BCUT2D eigenvalue weighted by atomic mass is 32.2. The number of allylic oxidation sites excluding steroid dienone is 2. The predicted octanol–water partition coefficient (Wildman–Crippen LogP) is 5.26. The van der Waals surface area contributed by atoms with Crippen LogP contribution in [0.4, 0.5) is 0 Å². The van der Waals surface area contributed by atoms with Gasteiger partial charge in [0.25, 0.3) is 5.56 Å². The fourth-order valence-corrected chi connectivity index (χ4v) is 4.45. The smallest absolute Gasteiger partial charge is 0.262 e. The Morgan fingerprint density at radius 2 is 2.00 bits per heavy atom. The van der Waals surface area contributed by atoms with E-state index in [1.165, 1.54) is 30.2 Å². The maximum Gasteiger partial charge on any atom is 0.262 e. The standard InChI is InChI=1S/C23H28N4O2S/c1-23(2,3)21-26-25-19(29-21)15-30-22-24-18-12-8-7-11-17(18)20(28)27(22)14-13-16-9-5-4-6-10-16/h7-9,11-12H,4-6,10,13-15H2,1-3H3. The van der Waals surface area contributed by atoms with Crippen molar-refractivity contribution in [1.29, 1.82) is 0 Å². The van der Waals surface area contributed by atoms with E-state index in [1.807, 2.05) is 49.6 Å². The van der Waals surface area contributed by atoms with Crippen molar-refractivity contribution in [2.45, 2.75) is 75.7 Å². The van der Waals surface area contributed by atoms with Gasteiger partial charge >= 0.3 is 0 Å². The number of benzene rings is 1. The number of rotatable bonds is 6. The van der Waals surface area contributed by atoms with Crippen molar-refractivity contribution in [2.24, 2.45) is 0 Å². The van der Waals surface area contributed by atoms with Gasteiger partial charge in [-0.3, -0.25) is 9.36 Å². The highest BCUT2D eigenvalue weighted by Crippen LogP contribution is 2.26. The minimum atomic E-state index is -0.188. The first-order valence-corrected chi connectivity index (χ1v) is 11.5. The lowest BCUT2D eigenvalue weighted by atomic mass is 9.97. The molecule has 30 heavy (non-hydrogen) atoms. The zero-order valence-corrected chi connectivity index (χ0v) is 18.7. The summed E-state index contributed by atoms with van der Waals surface area (Å²) in [5, 5.41) is 9.69. The van der Waals surface area contributed by atoms with Crippen molar-refractivity contribution < 1.29 is 4.42 Å². The van der Waals surface area contributed by atoms with Crippen LogP contribution in [0.1, 0.15) is 64.7 Å². The van der Waals surface area contributed by atoms with Gasteiger partial charge in [-0.15, -0.1) is 10.2 Å². The van der Waals surface area contributed by atoms with Crippen molar-refractivity contribution in [2.75, 3.05) is 0 Å². The Balaban J connectivity index is 1.60. The molecule has 0 spiro atoms. The van der Waals surface area contributed by atoms with Gasteiger partial charge in [-0.05, 0) is 44.2 Å². The summed E-state index contributed by atoms with van der Waals surface area (Å²) in [5.41, 5.74) is 2.00. The van der Waals surface area contributed by atoms with Crippen LogP contribution in [-0.2, 0) is 17.7 Å². The summed E-state index contributed by atoms with van der Waals surface area (Å²) >= 11 is 1.48. The van der Waals surface area contributed by atoms with Crippen LogP contribution in [0, 0.1) is 0 Å². The van der Waals surface area contributed by atoms with E-state index in [2.05, 4.69) is 16.3 Å². The van der Waals surface area contributed by atoms with Crippen molar-refractivity contribution in [3.63, 3.8) is 0 Å². The summed E-state index contributed by atoms with van der Waals surface area (Å²) < 4.78 is 7.62. The summed E-state index contributed by atoms with van der Waals surface area (Å²) in [7, 11) is 0. The highest BCUT2D eigenvalue weighted by molar-refractivity contribution is 7.98. The van der Waals surface area contributed by atoms with E-state index < -0.39 is 0 Å². The third-order valence-electron chi connectivity index (χ3n) is 5.30. The Labute approximate surface area is 180 Å². The molecule has 1 aromatic carbocycles. The minimum Gasteiger partial charge on any atom is -0.424 e. The van der Waals surface area contributed by atoms with E-state index in [0.717, 1.165) is 24.8 Å². The molecule has 2 heterocycles. The fraction of sp³-hybridized carbons (Fsp3) is 0.478. The van der Waals surface area contributed by atoms with Crippen molar-refractivity contribution in [3.8, 4) is 0 Å². The molecule has 3 aromatic rings. The number of nitrogens with zero attached hydrogens (tertiary/aromatic N) is 4. The molecule has 0 atom stereocenters. The number of fused-ring (bicyclic) bond motifs is 1. The molecule has 0 N–H and O–H groups in total. The van der Waals surface area contributed by atoms with Crippen molar-refractivity contribution in [3.05, 3.63) is 58.0 Å². The average Bonchev–Trinajstić information content (AvgIpc) is 3.22. The van der Waals surface area contributed by atoms with Gasteiger partial charge in [0.2, 0.25) is 11.8 Å². The van der Waals surface area contributed by atoms with Crippen molar-refractivity contribution >= 4 is 22.7 Å². The SMILES string of the molecule is CC(C)(C)c1nnc(CSc2nc3ccccc3c(=O)n2CCC2=CCCCC2)o1. The van der Waals surface area contributed by atoms with Crippen LogP contribution < -0.4 is 5.56 Å². The molecular formula is C23H28N4O2S. The molecular weight excluding hydrogens is 396 g/mol. The summed E-state index contributed by atoms with van der Waals surface area (Å²) in [6.07, 6.45) is 8.02. The Kier molecular flexibility index (Phi) is 6.09. The first-order valence-electron chi connectivity index (χ1n) is 10.5. The molecule has 2 aromatic heterocycles. The number of hydrogen-bond acceptors (Lipinski definition) is 6. The molecule has 0 fully saturated rings. The van der Waals surface area contributed by atoms with Crippen LogP contribution in [0.25, 0.3) is 10.9 Å². The summed E-state index contributed by atoms with van der Waals surface area (Å²) in [6, 6.07) is 7.54. The molecule has 0 saturated heterocycles. The molecule has 0 bridgehead atoms. The molecule has 0 amide bonds. The van der Waals surface area contributed by atoms with Gasteiger partial charge < -0.3 is 4.42 Å². The molecule has 6 nitrogen and oxygen atoms in total.